The van der Waals surface area contributed by atoms with Crippen LogP contribution in [0.25, 0.3) is 0 Å². The van der Waals surface area contributed by atoms with E-state index in [9.17, 15) is 9.90 Å². The molecule has 1 N–H and O–H groups in total. The van der Waals surface area contributed by atoms with Gasteiger partial charge in [-0.25, -0.2) is 0 Å². The summed E-state index contributed by atoms with van der Waals surface area (Å²) < 4.78 is 5.70. The normalized spacial score (nSPS) is 40.0. The van der Waals surface area contributed by atoms with Crippen LogP contribution >= 0.6 is 22.6 Å². The van der Waals surface area contributed by atoms with Crippen molar-refractivity contribution in [3.05, 3.63) is 0 Å². The number of halogens is 1. The summed E-state index contributed by atoms with van der Waals surface area (Å²) in [4.78, 5) is 11.9. The van der Waals surface area contributed by atoms with Gasteiger partial charge in [-0.3, -0.25) is 4.79 Å². The minimum Gasteiger partial charge on any atom is -0.461 e. The van der Waals surface area contributed by atoms with Crippen LogP contribution in [0.3, 0.4) is 0 Å². The number of hydrogen-bond donors (Lipinski definition) is 1. The molecule has 0 spiro atoms. The summed E-state index contributed by atoms with van der Waals surface area (Å²) in [5, 5.41) is 10.8. The summed E-state index contributed by atoms with van der Waals surface area (Å²) in [6.45, 7) is 2.02. The van der Waals surface area contributed by atoms with Gasteiger partial charge < -0.3 is 9.84 Å². The van der Waals surface area contributed by atoms with E-state index in [4.69, 9.17) is 4.74 Å². The number of ether oxygens (including phenoxy) is 1. The third-order valence-corrected chi connectivity index (χ3v) is 7.22. The number of alkyl halides is 1. The molecule has 5 unspecified atom stereocenters. The molecule has 0 radical (unpaired) electrons. The Balaban J connectivity index is 1.58. The minimum absolute atomic E-state index is 0.0125. The zero-order valence-corrected chi connectivity index (χ0v) is 14.3. The predicted octanol–water partition coefficient (Wildman–Crippen LogP) is 3.46. The molecule has 0 amide bonds. The molecule has 3 rings (SSSR count). The zero-order valence-electron chi connectivity index (χ0n) is 12.2. The second-order valence-corrected chi connectivity index (χ2v) is 8.50. The lowest BCUT2D eigenvalue weighted by Crippen LogP contribution is -2.41. The topological polar surface area (TPSA) is 46.5 Å². The summed E-state index contributed by atoms with van der Waals surface area (Å²) in [6.07, 6.45) is 8.48. The summed E-state index contributed by atoms with van der Waals surface area (Å²) in [5.74, 6) is 1.50. The summed E-state index contributed by atoms with van der Waals surface area (Å²) >= 11 is 2.17. The van der Waals surface area contributed by atoms with Crippen molar-refractivity contribution < 1.29 is 14.6 Å². The Hall–Kier alpha value is 0.160. The minimum atomic E-state index is -0.399. The summed E-state index contributed by atoms with van der Waals surface area (Å²) in [5.41, 5.74) is -0.399. The van der Waals surface area contributed by atoms with E-state index in [1.54, 1.807) is 0 Å². The van der Waals surface area contributed by atoms with Crippen molar-refractivity contribution in [1.29, 1.82) is 0 Å². The Kier molecular flexibility index (Phi) is 4.33. The molecule has 3 aliphatic rings. The SMILES string of the molecule is CCC(I)C(=O)OC1CC2CC1CC2C1(O)CCCC1. The molecule has 0 heterocycles. The van der Waals surface area contributed by atoms with Gasteiger partial charge in [-0.2, -0.15) is 0 Å². The Morgan fingerprint density at radius 1 is 1.30 bits per heavy atom. The van der Waals surface area contributed by atoms with Crippen molar-refractivity contribution >= 4 is 28.6 Å². The molecule has 20 heavy (non-hydrogen) atoms. The van der Waals surface area contributed by atoms with Gasteiger partial charge >= 0.3 is 5.97 Å². The molecule has 0 aliphatic heterocycles. The summed E-state index contributed by atoms with van der Waals surface area (Å²) in [7, 11) is 0. The van der Waals surface area contributed by atoms with Crippen LogP contribution in [-0.2, 0) is 9.53 Å². The Morgan fingerprint density at radius 3 is 2.55 bits per heavy atom. The van der Waals surface area contributed by atoms with Crippen LogP contribution in [0.5, 0.6) is 0 Å². The molecule has 114 valence electrons. The quantitative estimate of drug-likeness (QED) is 0.453. The van der Waals surface area contributed by atoms with Crippen LogP contribution in [0.2, 0.25) is 0 Å². The van der Waals surface area contributed by atoms with Gasteiger partial charge in [-0.15, -0.1) is 0 Å². The molecule has 0 saturated heterocycles. The molecular weight excluding hydrogens is 367 g/mol. The standard InChI is InChI=1S/C16H25IO3/c1-2-13(17)15(18)20-14-9-10-7-11(14)8-12(10)16(19)5-3-4-6-16/h10-14,19H,2-9H2,1H3. The van der Waals surface area contributed by atoms with Gasteiger partial charge in [0.15, 0.2) is 0 Å². The molecule has 0 aromatic heterocycles. The highest BCUT2D eigenvalue weighted by atomic mass is 127. The van der Waals surface area contributed by atoms with E-state index < -0.39 is 5.60 Å². The lowest BCUT2D eigenvalue weighted by Gasteiger charge is -2.37. The van der Waals surface area contributed by atoms with Crippen LogP contribution in [0, 0.1) is 17.8 Å². The number of esters is 1. The smallest absolute Gasteiger partial charge is 0.319 e. The first-order chi connectivity index (χ1) is 9.53. The zero-order chi connectivity index (χ0) is 14.3. The number of fused-ring (bicyclic) bond motifs is 2. The monoisotopic (exact) mass is 392 g/mol. The van der Waals surface area contributed by atoms with Crippen molar-refractivity contribution in [2.24, 2.45) is 17.8 Å². The molecule has 3 saturated carbocycles. The van der Waals surface area contributed by atoms with Crippen LogP contribution in [0.4, 0.5) is 0 Å². The molecule has 0 aromatic carbocycles. The van der Waals surface area contributed by atoms with E-state index in [0.717, 1.165) is 38.5 Å². The van der Waals surface area contributed by atoms with E-state index >= 15 is 0 Å². The van der Waals surface area contributed by atoms with Gasteiger partial charge in [0.2, 0.25) is 0 Å². The Labute approximate surface area is 135 Å². The first-order valence-corrected chi connectivity index (χ1v) is 9.35. The molecular formula is C16H25IO3. The first-order valence-electron chi connectivity index (χ1n) is 8.10. The van der Waals surface area contributed by atoms with Crippen LogP contribution in [-0.4, -0.2) is 26.7 Å². The maximum absolute atomic E-state index is 11.9. The highest BCUT2D eigenvalue weighted by Crippen LogP contribution is 2.56. The fourth-order valence-corrected chi connectivity index (χ4v) is 4.92. The number of carbonyl (C=O) groups is 1. The second kappa shape index (κ2) is 5.75. The number of carbonyl (C=O) groups excluding carboxylic acids is 1. The number of aliphatic hydroxyl groups is 1. The van der Waals surface area contributed by atoms with E-state index in [-0.39, 0.29) is 16.0 Å². The maximum Gasteiger partial charge on any atom is 0.319 e. The predicted molar refractivity (Wildman–Crippen MR) is 85.7 cm³/mol. The van der Waals surface area contributed by atoms with Crippen molar-refractivity contribution in [3.63, 3.8) is 0 Å². The molecule has 3 nitrogen and oxygen atoms in total. The lowest BCUT2D eigenvalue weighted by molar-refractivity contribution is -0.152. The van der Waals surface area contributed by atoms with Gasteiger partial charge in [0.1, 0.15) is 10.0 Å². The van der Waals surface area contributed by atoms with Crippen molar-refractivity contribution in [2.75, 3.05) is 0 Å². The fourth-order valence-electron chi connectivity index (χ4n) is 4.77. The molecule has 0 aromatic rings. The van der Waals surface area contributed by atoms with Gasteiger partial charge in [-0.05, 0) is 56.3 Å². The highest BCUT2D eigenvalue weighted by molar-refractivity contribution is 14.1. The van der Waals surface area contributed by atoms with Gasteiger partial charge in [0.05, 0.1) is 5.60 Å². The Bertz CT molecular complexity index is 378. The molecule has 3 aliphatic carbocycles. The van der Waals surface area contributed by atoms with Gasteiger partial charge in [0.25, 0.3) is 0 Å². The second-order valence-electron chi connectivity index (χ2n) is 7.00. The van der Waals surface area contributed by atoms with Crippen molar-refractivity contribution in [1.82, 2.24) is 0 Å². The third-order valence-electron chi connectivity index (χ3n) is 5.83. The summed E-state index contributed by atoms with van der Waals surface area (Å²) in [6, 6.07) is 0. The Morgan fingerprint density at radius 2 is 2.00 bits per heavy atom. The lowest BCUT2D eigenvalue weighted by atomic mass is 9.74. The van der Waals surface area contributed by atoms with E-state index in [0.29, 0.717) is 17.8 Å². The van der Waals surface area contributed by atoms with Crippen LogP contribution in [0.15, 0.2) is 0 Å². The number of rotatable bonds is 4. The molecule has 4 heteroatoms. The van der Waals surface area contributed by atoms with E-state index in [2.05, 4.69) is 22.6 Å². The van der Waals surface area contributed by atoms with E-state index in [1.807, 2.05) is 6.92 Å². The molecule has 2 bridgehead atoms. The molecule has 3 fully saturated rings. The maximum atomic E-state index is 11.9. The highest BCUT2D eigenvalue weighted by Gasteiger charge is 2.55. The average molecular weight is 392 g/mol. The van der Waals surface area contributed by atoms with Crippen molar-refractivity contribution in [3.8, 4) is 0 Å². The van der Waals surface area contributed by atoms with Crippen molar-refractivity contribution in [2.45, 2.75) is 73.9 Å². The fraction of sp³-hybridized carbons (Fsp3) is 0.938. The number of hydrogen-bond acceptors (Lipinski definition) is 3. The van der Waals surface area contributed by atoms with Crippen LogP contribution < -0.4 is 0 Å². The third kappa shape index (κ3) is 2.62. The van der Waals surface area contributed by atoms with Gasteiger partial charge in [-0.1, -0.05) is 42.4 Å². The van der Waals surface area contributed by atoms with E-state index in [1.165, 1.54) is 12.8 Å². The first kappa shape index (κ1) is 15.1. The van der Waals surface area contributed by atoms with Crippen LogP contribution in [0.1, 0.15) is 58.3 Å². The molecule has 5 atom stereocenters. The largest absolute Gasteiger partial charge is 0.461 e. The average Bonchev–Trinajstić information content (AvgIpc) is 3.13. The van der Waals surface area contributed by atoms with Gasteiger partial charge in [0, 0.05) is 0 Å².